The summed E-state index contributed by atoms with van der Waals surface area (Å²) in [6.45, 7) is 1.90. The first-order valence-corrected chi connectivity index (χ1v) is 6.90. The summed E-state index contributed by atoms with van der Waals surface area (Å²) in [6.07, 6.45) is 1.91. The summed E-state index contributed by atoms with van der Waals surface area (Å²) in [6, 6.07) is 8.13. The molecule has 21 heavy (non-hydrogen) atoms. The minimum atomic E-state index is -0.965. The molecule has 6 nitrogen and oxygen atoms in total. The second-order valence-corrected chi connectivity index (χ2v) is 5.28. The molecule has 1 aromatic heterocycles. The Labute approximate surface area is 122 Å². The maximum Gasteiger partial charge on any atom is 0.323 e. The molecule has 0 aliphatic carbocycles. The smallest absolute Gasteiger partial charge is 0.323 e. The molecule has 1 saturated heterocycles. The van der Waals surface area contributed by atoms with Crippen molar-refractivity contribution in [3.63, 3.8) is 0 Å². The number of para-hydroxylation sites is 1. The van der Waals surface area contributed by atoms with Crippen molar-refractivity contribution in [1.29, 1.82) is 0 Å². The molecule has 0 spiro atoms. The fourth-order valence-corrected chi connectivity index (χ4v) is 2.75. The van der Waals surface area contributed by atoms with Gasteiger partial charge in [0.05, 0.1) is 6.54 Å². The number of amides is 1. The Hall–Kier alpha value is -2.34. The molecule has 2 aromatic rings. The van der Waals surface area contributed by atoms with Crippen LogP contribution in [0.1, 0.15) is 5.56 Å². The molecule has 0 unspecified atom stereocenters. The zero-order valence-electron chi connectivity index (χ0n) is 11.6. The number of aliphatic carboxylic acids is 1. The van der Waals surface area contributed by atoms with Crippen LogP contribution < -0.4 is 0 Å². The van der Waals surface area contributed by atoms with Gasteiger partial charge in [0, 0.05) is 31.3 Å². The van der Waals surface area contributed by atoms with Crippen LogP contribution in [0.5, 0.6) is 0 Å². The van der Waals surface area contributed by atoms with E-state index >= 15 is 0 Å². The van der Waals surface area contributed by atoms with Crippen LogP contribution >= 0.6 is 0 Å². The number of aromatic amines is 1. The third-order valence-electron chi connectivity index (χ3n) is 3.79. The number of H-pyrrole nitrogens is 1. The highest BCUT2D eigenvalue weighted by Crippen LogP contribution is 2.19. The average molecular weight is 287 g/mol. The lowest BCUT2D eigenvalue weighted by Gasteiger charge is -2.33. The minimum Gasteiger partial charge on any atom is -0.480 e. The minimum absolute atomic E-state index is 0.123. The third kappa shape index (κ3) is 2.90. The molecule has 2 heterocycles. The van der Waals surface area contributed by atoms with Crippen LogP contribution in [-0.2, 0) is 16.1 Å². The molecular weight excluding hydrogens is 270 g/mol. The molecule has 110 valence electrons. The van der Waals surface area contributed by atoms with Gasteiger partial charge in [-0.25, -0.2) is 0 Å². The third-order valence-corrected chi connectivity index (χ3v) is 3.79. The van der Waals surface area contributed by atoms with Crippen LogP contribution in [0.3, 0.4) is 0 Å². The Balaban J connectivity index is 1.68. The molecule has 0 radical (unpaired) electrons. The van der Waals surface area contributed by atoms with Gasteiger partial charge in [-0.15, -0.1) is 0 Å². The van der Waals surface area contributed by atoms with Crippen molar-refractivity contribution < 1.29 is 14.7 Å². The number of carbonyl (C=O) groups is 2. The van der Waals surface area contributed by atoms with Crippen LogP contribution in [0.2, 0.25) is 0 Å². The number of carboxylic acid groups (broad SMARTS) is 1. The Kier molecular flexibility index (Phi) is 3.62. The first-order valence-electron chi connectivity index (χ1n) is 6.90. The van der Waals surface area contributed by atoms with Crippen LogP contribution in [0.25, 0.3) is 10.9 Å². The molecule has 1 aliphatic heterocycles. The molecule has 0 bridgehead atoms. The van der Waals surface area contributed by atoms with Gasteiger partial charge in [0.25, 0.3) is 0 Å². The number of hydrogen-bond donors (Lipinski definition) is 2. The van der Waals surface area contributed by atoms with E-state index in [-0.39, 0.29) is 19.0 Å². The lowest BCUT2D eigenvalue weighted by molar-refractivity contribution is -0.147. The zero-order valence-corrected chi connectivity index (χ0v) is 11.6. The largest absolute Gasteiger partial charge is 0.480 e. The van der Waals surface area contributed by atoms with Gasteiger partial charge in [-0.1, -0.05) is 18.2 Å². The van der Waals surface area contributed by atoms with E-state index < -0.39 is 5.97 Å². The predicted octanol–water partition coefficient (Wildman–Crippen LogP) is 0.897. The summed E-state index contributed by atoms with van der Waals surface area (Å²) in [5.41, 5.74) is 2.25. The first kappa shape index (κ1) is 13.6. The second-order valence-electron chi connectivity index (χ2n) is 5.28. The van der Waals surface area contributed by atoms with E-state index in [0.717, 1.165) is 16.5 Å². The number of piperazine rings is 1. The van der Waals surface area contributed by atoms with E-state index in [1.165, 1.54) is 4.90 Å². The topological polar surface area (TPSA) is 76.6 Å². The van der Waals surface area contributed by atoms with Gasteiger partial charge >= 0.3 is 5.97 Å². The fourth-order valence-electron chi connectivity index (χ4n) is 2.75. The van der Waals surface area contributed by atoms with Crippen molar-refractivity contribution in [2.75, 3.05) is 26.2 Å². The van der Waals surface area contributed by atoms with Gasteiger partial charge in [-0.3, -0.25) is 14.5 Å². The van der Waals surface area contributed by atoms with Gasteiger partial charge in [0.15, 0.2) is 0 Å². The van der Waals surface area contributed by atoms with E-state index in [1.807, 2.05) is 30.5 Å². The number of aromatic nitrogens is 1. The molecular formula is C15H17N3O3. The van der Waals surface area contributed by atoms with Gasteiger partial charge in [0.1, 0.15) is 6.54 Å². The molecule has 0 atom stereocenters. The molecule has 1 aliphatic rings. The summed E-state index contributed by atoms with van der Waals surface area (Å²) in [5.74, 6) is -1.09. The van der Waals surface area contributed by atoms with E-state index in [1.54, 1.807) is 0 Å². The molecule has 1 aromatic carbocycles. The highest BCUT2D eigenvalue weighted by Gasteiger charge is 2.25. The summed E-state index contributed by atoms with van der Waals surface area (Å²) >= 11 is 0. The predicted molar refractivity (Wildman–Crippen MR) is 77.8 cm³/mol. The SMILES string of the molecule is O=C(O)CN1CCN(Cc2cccc3cc[nH]c23)CC1=O. The van der Waals surface area contributed by atoms with Gasteiger partial charge in [-0.2, -0.15) is 0 Å². The monoisotopic (exact) mass is 287 g/mol. The second kappa shape index (κ2) is 5.57. The van der Waals surface area contributed by atoms with Crippen molar-refractivity contribution in [2.45, 2.75) is 6.54 Å². The quantitative estimate of drug-likeness (QED) is 0.876. The summed E-state index contributed by atoms with van der Waals surface area (Å²) in [7, 11) is 0. The fraction of sp³-hybridized carbons (Fsp3) is 0.333. The summed E-state index contributed by atoms with van der Waals surface area (Å²) < 4.78 is 0. The highest BCUT2D eigenvalue weighted by atomic mass is 16.4. The number of nitrogens with zero attached hydrogens (tertiary/aromatic N) is 2. The normalized spacial score (nSPS) is 16.6. The molecule has 0 saturated carbocycles. The first-order chi connectivity index (χ1) is 10.1. The Morgan fingerprint density at radius 2 is 2.14 bits per heavy atom. The summed E-state index contributed by atoms with van der Waals surface area (Å²) in [4.78, 5) is 29.3. The molecule has 2 N–H and O–H groups in total. The number of nitrogens with one attached hydrogen (secondary N) is 1. The van der Waals surface area contributed by atoms with E-state index in [9.17, 15) is 9.59 Å². The van der Waals surface area contributed by atoms with Crippen molar-refractivity contribution in [3.8, 4) is 0 Å². The van der Waals surface area contributed by atoms with Crippen LogP contribution in [0.4, 0.5) is 0 Å². The number of carboxylic acids is 1. The van der Waals surface area contributed by atoms with E-state index in [2.05, 4.69) is 9.88 Å². The van der Waals surface area contributed by atoms with Crippen molar-refractivity contribution >= 4 is 22.8 Å². The van der Waals surface area contributed by atoms with Crippen LogP contribution in [0, 0.1) is 0 Å². The maximum atomic E-state index is 12.0. The van der Waals surface area contributed by atoms with Gasteiger partial charge < -0.3 is 15.0 Å². The Morgan fingerprint density at radius 1 is 1.29 bits per heavy atom. The number of fused-ring (bicyclic) bond motifs is 1. The number of benzene rings is 1. The lowest BCUT2D eigenvalue weighted by Crippen LogP contribution is -2.51. The lowest BCUT2D eigenvalue weighted by atomic mass is 10.1. The average Bonchev–Trinajstić information content (AvgIpc) is 2.91. The Morgan fingerprint density at radius 3 is 2.90 bits per heavy atom. The molecule has 3 rings (SSSR count). The highest BCUT2D eigenvalue weighted by molar-refractivity contribution is 5.84. The number of rotatable bonds is 4. The summed E-state index contributed by atoms with van der Waals surface area (Å²) in [5, 5.41) is 9.92. The van der Waals surface area contributed by atoms with Crippen LogP contribution in [0.15, 0.2) is 30.5 Å². The number of carbonyl (C=O) groups excluding carboxylic acids is 1. The van der Waals surface area contributed by atoms with Crippen molar-refractivity contribution in [1.82, 2.24) is 14.8 Å². The number of hydrogen-bond acceptors (Lipinski definition) is 3. The standard InChI is InChI=1S/C15H17N3O3/c19-13-9-17(6-7-18(13)10-14(20)21)8-12-3-1-2-11-4-5-16-15(11)12/h1-5,16H,6-10H2,(H,20,21). The van der Waals surface area contributed by atoms with Gasteiger partial charge in [-0.05, 0) is 17.0 Å². The Bertz CT molecular complexity index is 680. The van der Waals surface area contributed by atoms with Gasteiger partial charge in [0.2, 0.25) is 5.91 Å². The molecule has 1 amide bonds. The van der Waals surface area contributed by atoms with Crippen LogP contribution in [-0.4, -0.2) is 57.9 Å². The maximum absolute atomic E-state index is 12.0. The molecule has 1 fully saturated rings. The van der Waals surface area contributed by atoms with E-state index in [4.69, 9.17) is 5.11 Å². The zero-order chi connectivity index (χ0) is 14.8. The van der Waals surface area contributed by atoms with E-state index in [0.29, 0.717) is 19.6 Å². The van der Waals surface area contributed by atoms with Crippen molar-refractivity contribution in [2.24, 2.45) is 0 Å². The molecule has 6 heteroatoms. The van der Waals surface area contributed by atoms with Crippen molar-refractivity contribution in [3.05, 3.63) is 36.0 Å².